The molecule has 1 atom stereocenters. The molecule has 2 amide bonds. The third-order valence-corrected chi connectivity index (χ3v) is 5.11. The van der Waals surface area contributed by atoms with Gasteiger partial charge in [0.15, 0.2) is 0 Å². The van der Waals surface area contributed by atoms with Gasteiger partial charge in [0.2, 0.25) is 11.8 Å². The van der Waals surface area contributed by atoms with E-state index in [0.717, 1.165) is 44.2 Å². The molecule has 0 spiro atoms. The lowest BCUT2D eigenvalue weighted by Gasteiger charge is -2.26. The van der Waals surface area contributed by atoms with E-state index in [1.165, 1.54) is 0 Å². The van der Waals surface area contributed by atoms with Gasteiger partial charge in [0.05, 0.1) is 19.1 Å². The van der Waals surface area contributed by atoms with Crippen molar-refractivity contribution in [3.63, 3.8) is 0 Å². The SMILES string of the molecule is CCN1CC(C(=O)NCc2cccc(OCCN3CCOCC3)c2)CC1=O. The second-order valence-electron chi connectivity index (χ2n) is 7.00. The average Bonchev–Trinajstić information content (AvgIpc) is 3.08. The molecule has 2 aliphatic heterocycles. The smallest absolute Gasteiger partial charge is 0.225 e. The summed E-state index contributed by atoms with van der Waals surface area (Å²) in [5.41, 5.74) is 0.990. The van der Waals surface area contributed by atoms with Crippen LogP contribution in [-0.4, -0.2) is 74.2 Å². The van der Waals surface area contributed by atoms with Crippen molar-refractivity contribution in [1.29, 1.82) is 0 Å². The minimum atomic E-state index is -0.245. The van der Waals surface area contributed by atoms with Crippen molar-refractivity contribution in [3.05, 3.63) is 29.8 Å². The number of nitrogens with zero attached hydrogens (tertiary/aromatic N) is 2. The van der Waals surface area contributed by atoms with Crippen LogP contribution in [0.4, 0.5) is 0 Å². The van der Waals surface area contributed by atoms with Gasteiger partial charge in [-0.1, -0.05) is 12.1 Å². The maximum atomic E-state index is 12.3. The molecule has 2 aliphatic rings. The molecule has 1 unspecified atom stereocenters. The van der Waals surface area contributed by atoms with E-state index in [-0.39, 0.29) is 17.7 Å². The van der Waals surface area contributed by atoms with E-state index in [1.54, 1.807) is 4.90 Å². The van der Waals surface area contributed by atoms with Gasteiger partial charge in [-0.25, -0.2) is 0 Å². The number of amides is 2. The highest BCUT2D eigenvalue weighted by Crippen LogP contribution is 2.18. The van der Waals surface area contributed by atoms with Crippen molar-refractivity contribution in [3.8, 4) is 5.75 Å². The summed E-state index contributed by atoms with van der Waals surface area (Å²) in [7, 11) is 0. The van der Waals surface area contributed by atoms with Crippen LogP contribution in [0.25, 0.3) is 0 Å². The monoisotopic (exact) mass is 375 g/mol. The highest BCUT2D eigenvalue weighted by Gasteiger charge is 2.33. The Morgan fingerprint density at radius 3 is 2.89 bits per heavy atom. The van der Waals surface area contributed by atoms with Crippen molar-refractivity contribution >= 4 is 11.8 Å². The first-order valence-electron chi connectivity index (χ1n) is 9.73. The van der Waals surface area contributed by atoms with Crippen molar-refractivity contribution < 1.29 is 19.1 Å². The lowest BCUT2D eigenvalue weighted by atomic mass is 10.1. The summed E-state index contributed by atoms with van der Waals surface area (Å²) in [6.07, 6.45) is 0.310. The molecule has 2 saturated heterocycles. The summed E-state index contributed by atoms with van der Waals surface area (Å²) >= 11 is 0. The quantitative estimate of drug-likeness (QED) is 0.731. The molecule has 7 nitrogen and oxygen atoms in total. The second-order valence-corrected chi connectivity index (χ2v) is 7.00. The predicted octanol–water partition coefficient (Wildman–Crippen LogP) is 0.882. The molecule has 2 heterocycles. The number of likely N-dealkylation sites (tertiary alicyclic amines) is 1. The van der Waals surface area contributed by atoms with Crippen molar-refractivity contribution in [1.82, 2.24) is 15.1 Å². The summed E-state index contributed by atoms with van der Waals surface area (Å²) < 4.78 is 11.2. The number of carbonyl (C=O) groups is 2. The number of hydrogen-bond acceptors (Lipinski definition) is 5. The molecular formula is C20H29N3O4. The zero-order chi connectivity index (χ0) is 19.1. The highest BCUT2D eigenvalue weighted by molar-refractivity contribution is 5.89. The van der Waals surface area contributed by atoms with Gasteiger partial charge in [0, 0.05) is 45.7 Å². The summed E-state index contributed by atoms with van der Waals surface area (Å²) in [5, 5.41) is 2.95. The van der Waals surface area contributed by atoms with Crippen LogP contribution in [0, 0.1) is 5.92 Å². The zero-order valence-corrected chi connectivity index (χ0v) is 16.0. The van der Waals surface area contributed by atoms with Crippen LogP contribution in [0.2, 0.25) is 0 Å². The summed E-state index contributed by atoms with van der Waals surface area (Å²) in [5.74, 6) is 0.569. The maximum absolute atomic E-state index is 12.3. The average molecular weight is 375 g/mol. The number of ether oxygens (including phenoxy) is 2. The van der Waals surface area contributed by atoms with Gasteiger partial charge in [0.25, 0.3) is 0 Å². The number of carbonyl (C=O) groups excluding carboxylic acids is 2. The van der Waals surface area contributed by atoms with Crippen LogP contribution in [0.15, 0.2) is 24.3 Å². The van der Waals surface area contributed by atoms with E-state index < -0.39 is 0 Å². The predicted molar refractivity (Wildman–Crippen MR) is 101 cm³/mol. The Hall–Kier alpha value is -2.12. The number of rotatable bonds is 8. The van der Waals surface area contributed by atoms with E-state index in [1.807, 2.05) is 31.2 Å². The van der Waals surface area contributed by atoms with Crippen LogP contribution in [0.5, 0.6) is 5.75 Å². The molecule has 0 aromatic heterocycles. The lowest BCUT2D eigenvalue weighted by Crippen LogP contribution is -2.38. The third-order valence-electron chi connectivity index (χ3n) is 5.11. The molecule has 3 rings (SSSR count). The topological polar surface area (TPSA) is 71.1 Å². The molecule has 0 bridgehead atoms. The van der Waals surface area contributed by atoms with Crippen LogP contribution in [0.3, 0.4) is 0 Å². The van der Waals surface area contributed by atoms with Gasteiger partial charge < -0.3 is 19.7 Å². The standard InChI is InChI=1S/C20H29N3O4/c1-2-23-15-17(13-19(23)24)20(25)21-14-16-4-3-5-18(12-16)27-11-8-22-6-9-26-10-7-22/h3-5,12,17H,2,6-11,13-15H2,1H3,(H,21,25). The first-order chi connectivity index (χ1) is 13.2. The maximum Gasteiger partial charge on any atom is 0.225 e. The van der Waals surface area contributed by atoms with Gasteiger partial charge in [-0.05, 0) is 24.6 Å². The molecule has 27 heavy (non-hydrogen) atoms. The fraction of sp³-hybridized carbons (Fsp3) is 0.600. The minimum absolute atomic E-state index is 0.0575. The minimum Gasteiger partial charge on any atom is -0.492 e. The number of morpholine rings is 1. The lowest BCUT2D eigenvalue weighted by molar-refractivity contribution is -0.128. The Labute approximate surface area is 160 Å². The Bertz CT molecular complexity index is 646. The van der Waals surface area contributed by atoms with Crippen LogP contribution in [0.1, 0.15) is 18.9 Å². The van der Waals surface area contributed by atoms with Crippen molar-refractivity contribution in [2.24, 2.45) is 5.92 Å². The van der Waals surface area contributed by atoms with Crippen molar-refractivity contribution in [2.45, 2.75) is 19.9 Å². The fourth-order valence-electron chi connectivity index (χ4n) is 3.45. The van der Waals surface area contributed by atoms with Gasteiger partial charge >= 0.3 is 0 Å². The molecule has 2 fully saturated rings. The van der Waals surface area contributed by atoms with Gasteiger partial charge in [-0.2, -0.15) is 0 Å². The third kappa shape index (κ3) is 5.68. The molecule has 1 N–H and O–H groups in total. The zero-order valence-electron chi connectivity index (χ0n) is 16.0. The van der Waals surface area contributed by atoms with Crippen molar-refractivity contribution in [2.75, 3.05) is 52.5 Å². The number of hydrogen-bond donors (Lipinski definition) is 1. The van der Waals surface area contributed by atoms with E-state index in [4.69, 9.17) is 9.47 Å². The molecule has 0 aliphatic carbocycles. The van der Waals surface area contributed by atoms with E-state index in [9.17, 15) is 9.59 Å². The van der Waals surface area contributed by atoms with Crippen LogP contribution >= 0.6 is 0 Å². The molecule has 0 saturated carbocycles. The largest absolute Gasteiger partial charge is 0.492 e. The Morgan fingerprint density at radius 1 is 1.33 bits per heavy atom. The van der Waals surface area contributed by atoms with Gasteiger partial charge in [0.1, 0.15) is 12.4 Å². The Balaban J connectivity index is 1.42. The Kier molecular flexibility index (Phi) is 7.06. The number of benzene rings is 1. The summed E-state index contributed by atoms with van der Waals surface area (Å²) in [4.78, 5) is 28.2. The number of nitrogens with one attached hydrogen (secondary N) is 1. The fourth-order valence-corrected chi connectivity index (χ4v) is 3.45. The molecule has 0 radical (unpaired) electrons. The molecule has 1 aromatic rings. The molecule has 148 valence electrons. The van der Waals surface area contributed by atoms with Crippen LogP contribution < -0.4 is 10.1 Å². The summed E-state index contributed by atoms with van der Waals surface area (Å²) in [6, 6.07) is 7.79. The van der Waals surface area contributed by atoms with E-state index in [2.05, 4.69) is 10.2 Å². The second kappa shape index (κ2) is 9.71. The molecule has 1 aromatic carbocycles. The van der Waals surface area contributed by atoms with Gasteiger partial charge in [-0.3, -0.25) is 14.5 Å². The normalized spacial score (nSPS) is 20.7. The highest BCUT2D eigenvalue weighted by atomic mass is 16.5. The molecule has 7 heteroatoms. The van der Waals surface area contributed by atoms with E-state index in [0.29, 0.717) is 32.7 Å². The summed E-state index contributed by atoms with van der Waals surface area (Å²) in [6.45, 7) is 8.55. The Morgan fingerprint density at radius 2 is 2.15 bits per heavy atom. The van der Waals surface area contributed by atoms with E-state index >= 15 is 0 Å². The first-order valence-corrected chi connectivity index (χ1v) is 9.73. The first kappa shape index (κ1) is 19.6. The van der Waals surface area contributed by atoms with Crippen LogP contribution in [-0.2, 0) is 20.9 Å². The van der Waals surface area contributed by atoms with Gasteiger partial charge in [-0.15, -0.1) is 0 Å². The molecular weight excluding hydrogens is 346 g/mol.